The number of ether oxygens (including phenoxy) is 2. The molecule has 10 heteroatoms. The number of hydrogen-bond donors (Lipinski definition) is 3. The van der Waals surface area contributed by atoms with Crippen molar-refractivity contribution in [3.05, 3.63) is 29.3 Å². The van der Waals surface area contributed by atoms with Crippen LogP contribution >= 0.6 is 0 Å². The van der Waals surface area contributed by atoms with Gasteiger partial charge in [0.2, 0.25) is 5.91 Å². The minimum Gasteiger partial charge on any atom is -0.478 e. The van der Waals surface area contributed by atoms with Gasteiger partial charge in [0.05, 0.1) is 19.1 Å². The summed E-state index contributed by atoms with van der Waals surface area (Å²) in [6.45, 7) is 6.05. The van der Waals surface area contributed by atoms with Gasteiger partial charge >= 0.3 is 18.0 Å². The molecule has 0 saturated heterocycles. The Morgan fingerprint density at radius 3 is 2.61 bits per heavy atom. The van der Waals surface area contributed by atoms with Gasteiger partial charge in [0, 0.05) is 25.3 Å². The lowest BCUT2D eigenvalue weighted by molar-refractivity contribution is -0.144. The molecule has 0 bridgehead atoms. The number of esters is 1. The Balaban J connectivity index is 2.11. The molecule has 0 radical (unpaired) electrons. The lowest BCUT2D eigenvalue weighted by Crippen LogP contribution is -2.43. The van der Waals surface area contributed by atoms with Gasteiger partial charge in [-0.05, 0) is 51.0 Å². The van der Waals surface area contributed by atoms with E-state index in [-0.39, 0.29) is 31.0 Å². The molecule has 1 aliphatic heterocycles. The zero-order chi connectivity index (χ0) is 23.2. The van der Waals surface area contributed by atoms with Gasteiger partial charge in [0.15, 0.2) is 0 Å². The van der Waals surface area contributed by atoms with E-state index in [0.717, 1.165) is 0 Å². The first-order valence-electron chi connectivity index (χ1n) is 9.95. The largest absolute Gasteiger partial charge is 0.478 e. The van der Waals surface area contributed by atoms with Crippen LogP contribution in [0.3, 0.4) is 0 Å². The third-order valence-corrected chi connectivity index (χ3v) is 4.52. The van der Waals surface area contributed by atoms with Gasteiger partial charge in [-0.2, -0.15) is 0 Å². The van der Waals surface area contributed by atoms with Gasteiger partial charge in [-0.1, -0.05) is 0 Å². The molecular formula is C21H29N3O7. The molecular weight excluding hydrogens is 406 g/mol. The SMILES string of the molecule is COC(=O)C[C@@H]1Nc2ccc(C(=O)O)cc2CN(CCCNC(=O)OC(C)(C)C)C1=O. The zero-order valence-electron chi connectivity index (χ0n) is 18.2. The summed E-state index contributed by atoms with van der Waals surface area (Å²) in [4.78, 5) is 49.4. The molecule has 0 spiro atoms. The van der Waals surface area contributed by atoms with Gasteiger partial charge in [0.1, 0.15) is 11.6 Å². The van der Waals surface area contributed by atoms with Crippen LogP contribution in [0.5, 0.6) is 0 Å². The summed E-state index contributed by atoms with van der Waals surface area (Å²) < 4.78 is 9.87. The minimum absolute atomic E-state index is 0.103. The summed E-state index contributed by atoms with van der Waals surface area (Å²) in [6.07, 6.45) is -0.261. The average molecular weight is 435 g/mol. The van der Waals surface area contributed by atoms with Crippen molar-refractivity contribution in [2.45, 2.75) is 51.8 Å². The molecule has 0 aliphatic carbocycles. The number of amides is 2. The number of anilines is 1. The third-order valence-electron chi connectivity index (χ3n) is 4.52. The summed E-state index contributed by atoms with van der Waals surface area (Å²) in [5.74, 6) is -1.92. The number of rotatable bonds is 7. The van der Waals surface area contributed by atoms with E-state index in [9.17, 15) is 24.3 Å². The summed E-state index contributed by atoms with van der Waals surface area (Å²) >= 11 is 0. The standard InChI is InChI=1S/C21H29N3O7/c1-21(2,3)31-20(29)22-8-5-9-24-12-14-10-13(19(27)28)6-7-15(14)23-16(18(24)26)11-17(25)30-4/h6-7,10,16,23H,5,8-9,11-12H2,1-4H3,(H,22,29)(H,27,28)/t16-/m0/s1. The highest BCUT2D eigenvalue weighted by Crippen LogP contribution is 2.26. The van der Waals surface area contributed by atoms with Gasteiger partial charge in [-0.15, -0.1) is 0 Å². The van der Waals surface area contributed by atoms with E-state index in [0.29, 0.717) is 24.2 Å². The van der Waals surface area contributed by atoms with Crippen molar-refractivity contribution >= 4 is 29.6 Å². The molecule has 1 aromatic rings. The van der Waals surface area contributed by atoms with Gasteiger partial charge in [0.25, 0.3) is 0 Å². The number of alkyl carbamates (subject to hydrolysis) is 1. The molecule has 0 aromatic heterocycles. The molecule has 1 atom stereocenters. The Morgan fingerprint density at radius 1 is 1.29 bits per heavy atom. The van der Waals surface area contributed by atoms with Crippen LogP contribution in [0.2, 0.25) is 0 Å². The van der Waals surface area contributed by atoms with Gasteiger partial charge in [-0.25, -0.2) is 9.59 Å². The number of benzene rings is 1. The fourth-order valence-corrected chi connectivity index (χ4v) is 3.10. The monoisotopic (exact) mass is 435 g/mol. The van der Waals surface area contributed by atoms with Crippen LogP contribution in [-0.4, -0.2) is 65.8 Å². The molecule has 1 aromatic carbocycles. The summed E-state index contributed by atoms with van der Waals surface area (Å²) in [5, 5.41) is 14.9. The lowest BCUT2D eigenvalue weighted by atomic mass is 10.1. The van der Waals surface area contributed by atoms with Crippen LogP contribution in [0.1, 0.15) is 49.5 Å². The van der Waals surface area contributed by atoms with Crippen molar-refractivity contribution in [1.29, 1.82) is 0 Å². The first kappa shape index (κ1) is 24.0. The molecule has 10 nitrogen and oxygen atoms in total. The highest BCUT2D eigenvalue weighted by atomic mass is 16.6. The molecule has 1 heterocycles. The zero-order valence-corrected chi connectivity index (χ0v) is 18.2. The van der Waals surface area contributed by atoms with E-state index in [1.807, 2.05) is 0 Å². The smallest absolute Gasteiger partial charge is 0.407 e. The molecule has 3 N–H and O–H groups in total. The Hall–Kier alpha value is -3.30. The number of carboxylic acid groups (broad SMARTS) is 1. The van der Waals surface area contributed by atoms with Gasteiger partial charge in [-0.3, -0.25) is 9.59 Å². The Morgan fingerprint density at radius 2 is 2.00 bits per heavy atom. The fourth-order valence-electron chi connectivity index (χ4n) is 3.10. The van der Waals surface area contributed by atoms with Crippen molar-refractivity contribution < 1.29 is 33.8 Å². The van der Waals surface area contributed by atoms with E-state index in [1.54, 1.807) is 26.8 Å². The van der Waals surface area contributed by atoms with Crippen molar-refractivity contribution in [2.75, 3.05) is 25.5 Å². The highest BCUT2D eigenvalue weighted by Gasteiger charge is 2.31. The Kier molecular flexibility index (Phi) is 7.84. The second-order valence-electron chi connectivity index (χ2n) is 8.20. The van der Waals surface area contributed by atoms with Crippen LogP contribution in [0.15, 0.2) is 18.2 Å². The van der Waals surface area contributed by atoms with Crippen LogP contribution < -0.4 is 10.6 Å². The highest BCUT2D eigenvalue weighted by molar-refractivity contribution is 5.92. The normalized spacial score (nSPS) is 15.9. The first-order valence-corrected chi connectivity index (χ1v) is 9.95. The van der Waals surface area contributed by atoms with Crippen molar-refractivity contribution in [2.24, 2.45) is 0 Å². The van der Waals surface area contributed by atoms with Crippen LogP contribution in [0.25, 0.3) is 0 Å². The van der Waals surface area contributed by atoms with E-state index in [1.165, 1.54) is 24.1 Å². The van der Waals surface area contributed by atoms with Crippen molar-refractivity contribution in [1.82, 2.24) is 10.2 Å². The summed E-state index contributed by atoms with van der Waals surface area (Å²) in [5.41, 5.74) is 0.705. The van der Waals surface area contributed by atoms with Crippen molar-refractivity contribution in [3.8, 4) is 0 Å². The number of carbonyl (C=O) groups is 4. The quantitative estimate of drug-likeness (QED) is 0.437. The number of hydrogen-bond acceptors (Lipinski definition) is 7. The molecule has 0 unspecified atom stereocenters. The number of methoxy groups -OCH3 is 1. The Labute approximate surface area is 180 Å². The third kappa shape index (κ3) is 7.16. The molecule has 31 heavy (non-hydrogen) atoms. The van der Waals surface area contributed by atoms with Crippen LogP contribution in [0.4, 0.5) is 10.5 Å². The van der Waals surface area contributed by atoms with Crippen LogP contribution in [0, 0.1) is 0 Å². The maximum Gasteiger partial charge on any atom is 0.407 e. The minimum atomic E-state index is -1.07. The van der Waals surface area contributed by atoms with E-state index in [4.69, 9.17) is 9.47 Å². The fraction of sp³-hybridized carbons (Fsp3) is 0.524. The van der Waals surface area contributed by atoms with Gasteiger partial charge < -0.3 is 30.1 Å². The lowest BCUT2D eigenvalue weighted by Gasteiger charge is -2.24. The number of carbonyl (C=O) groups excluding carboxylic acids is 3. The molecule has 170 valence electrons. The molecule has 2 rings (SSSR count). The number of aromatic carboxylic acids is 1. The van der Waals surface area contributed by atoms with Crippen LogP contribution in [-0.2, 0) is 25.6 Å². The predicted molar refractivity (Wildman–Crippen MR) is 112 cm³/mol. The maximum absolute atomic E-state index is 13.0. The number of nitrogens with one attached hydrogen (secondary N) is 2. The molecule has 0 saturated carbocycles. The second kappa shape index (κ2) is 10.1. The predicted octanol–water partition coefficient (Wildman–Crippen LogP) is 1.99. The van der Waals surface area contributed by atoms with E-state index < -0.39 is 29.7 Å². The molecule has 0 fully saturated rings. The number of fused-ring (bicyclic) bond motifs is 1. The van der Waals surface area contributed by atoms with E-state index in [2.05, 4.69) is 10.6 Å². The average Bonchev–Trinajstić information content (AvgIpc) is 2.80. The summed E-state index contributed by atoms with van der Waals surface area (Å²) in [6, 6.07) is 3.69. The number of carboxylic acids is 1. The van der Waals surface area contributed by atoms with E-state index >= 15 is 0 Å². The second-order valence-corrected chi connectivity index (χ2v) is 8.20. The Bertz CT molecular complexity index is 848. The molecule has 2 amide bonds. The molecule has 1 aliphatic rings. The first-order chi connectivity index (χ1) is 14.5. The topological polar surface area (TPSA) is 134 Å². The maximum atomic E-state index is 13.0. The number of nitrogens with zero attached hydrogens (tertiary/aromatic N) is 1. The summed E-state index contributed by atoms with van der Waals surface area (Å²) in [7, 11) is 1.25. The van der Waals surface area contributed by atoms with Crippen molar-refractivity contribution in [3.63, 3.8) is 0 Å².